The molecule has 0 aliphatic carbocycles. The van der Waals surface area contributed by atoms with E-state index in [0.29, 0.717) is 5.69 Å². The summed E-state index contributed by atoms with van der Waals surface area (Å²) in [5.41, 5.74) is 0.340. The average Bonchev–Trinajstić information content (AvgIpc) is 2.28. The van der Waals surface area contributed by atoms with Gasteiger partial charge in [-0.25, -0.2) is 9.78 Å². The van der Waals surface area contributed by atoms with Crippen molar-refractivity contribution in [3.63, 3.8) is 0 Å². The summed E-state index contributed by atoms with van der Waals surface area (Å²) in [7, 11) is 1.35. The van der Waals surface area contributed by atoms with Crippen molar-refractivity contribution >= 4 is 39.3 Å². The molecule has 0 unspecified atom stereocenters. The lowest BCUT2D eigenvalue weighted by atomic mass is 10.1. The number of rotatable bonds is 1. The van der Waals surface area contributed by atoms with Crippen LogP contribution in [0.2, 0.25) is 0 Å². The number of benzene rings is 1. The van der Waals surface area contributed by atoms with Gasteiger partial charge in [-0.1, -0.05) is 12.1 Å². The molecular weight excluding hydrogens is 305 g/mol. The molecule has 0 spiro atoms. The Labute approximate surface area is 101 Å². The average molecular weight is 313 g/mol. The van der Waals surface area contributed by atoms with Crippen LogP contribution in [-0.2, 0) is 4.74 Å². The second kappa shape index (κ2) is 4.14. The van der Waals surface area contributed by atoms with Gasteiger partial charge >= 0.3 is 5.97 Å². The summed E-state index contributed by atoms with van der Waals surface area (Å²) in [5.74, 6) is -0.407. The maximum Gasteiger partial charge on any atom is 0.356 e. The van der Waals surface area contributed by atoms with E-state index in [1.54, 1.807) is 12.3 Å². The molecule has 0 saturated carbocycles. The summed E-state index contributed by atoms with van der Waals surface area (Å²) in [6.07, 6.45) is 1.70. The number of ether oxygens (including phenoxy) is 1. The van der Waals surface area contributed by atoms with Gasteiger partial charge in [0.25, 0.3) is 0 Å². The van der Waals surface area contributed by atoms with Gasteiger partial charge in [-0.3, -0.25) is 0 Å². The Morgan fingerprint density at radius 3 is 3.00 bits per heavy atom. The van der Waals surface area contributed by atoms with E-state index in [2.05, 4.69) is 32.3 Å². The molecule has 0 N–H and O–H groups in total. The third-order valence-electron chi connectivity index (χ3n) is 2.11. The summed E-state index contributed by atoms with van der Waals surface area (Å²) >= 11 is 2.24. The normalized spacial score (nSPS) is 10.3. The lowest BCUT2D eigenvalue weighted by Gasteiger charge is -2.02. The fourth-order valence-corrected chi connectivity index (χ4v) is 2.01. The van der Waals surface area contributed by atoms with E-state index in [4.69, 9.17) is 0 Å². The summed E-state index contributed by atoms with van der Waals surface area (Å²) in [6.45, 7) is 0. The number of nitrogens with zero attached hydrogens (tertiary/aromatic N) is 1. The van der Waals surface area contributed by atoms with E-state index >= 15 is 0 Å². The number of carbonyl (C=O) groups excluding carboxylic acids is 1. The minimum absolute atomic E-state index is 0.340. The summed E-state index contributed by atoms with van der Waals surface area (Å²) in [6, 6.07) is 7.64. The van der Waals surface area contributed by atoms with Crippen molar-refractivity contribution in [2.75, 3.05) is 7.11 Å². The molecule has 0 amide bonds. The van der Waals surface area contributed by atoms with Crippen molar-refractivity contribution in [3.05, 3.63) is 39.7 Å². The first-order valence-electron chi connectivity index (χ1n) is 4.35. The molecule has 4 heteroatoms. The number of methoxy groups -OCH3 is 1. The maximum atomic E-state index is 11.3. The van der Waals surface area contributed by atoms with Crippen LogP contribution >= 0.6 is 22.6 Å². The van der Waals surface area contributed by atoms with E-state index < -0.39 is 5.97 Å². The third kappa shape index (κ3) is 1.94. The molecule has 0 aliphatic rings. The van der Waals surface area contributed by atoms with Gasteiger partial charge in [0, 0.05) is 15.2 Å². The van der Waals surface area contributed by atoms with Crippen LogP contribution in [0.15, 0.2) is 30.5 Å². The number of hydrogen-bond donors (Lipinski definition) is 0. The summed E-state index contributed by atoms with van der Waals surface area (Å²) in [4.78, 5) is 15.3. The molecule has 0 saturated heterocycles. The van der Waals surface area contributed by atoms with Crippen LogP contribution < -0.4 is 0 Å². The molecule has 3 nitrogen and oxygen atoms in total. The van der Waals surface area contributed by atoms with Crippen molar-refractivity contribution in [1.82, 2.24) is 4.98 Å². The molecule has 15 heavy (non-hydrogen) atoms. The Morgan fingerprint density at radius 1 is 1.47 bits per heavy atom. The monoisotopic (exact) mass is 313 g/mol. The van der Waals surface area contributed by atoms with E-state index in [9.17, 15) is 4.79 Å². The smallest absolute Gasteiger partial charge is 0.356 e. The minimum atomic E-state index is -0.407. The predicted octanol–water partition coefficient (Wildman–Crippen LogP) is 2.63. The van der Waals surface area contributed by atoms with Gasteiger partial charge in [-0.05, 0) is 40.1 Å². The SMILES string of the molecule is COC(=O)c1cc2cccc(I)c2cn1. The molecule has 0 fully saturated rings. The second-order valence-corrected chi connectivity index (χ2v) is 4.18. The molecule has 0 radical (unpaired) electrons. The molecule has 0 aliphatic heterocycles. The van der Waals surface area contributed by atoms with E-state index in [1.165, 1.54) is 7.11 Å². The molecule has 1 heterocycles. The van der Waals surface area contributed by atoms with Gasteiger partial charge in [-0.2, -0.15) is 0 Å². The van der Waals surface area contributed by atoms with E-state index in [-0.39, 0.29) is 0 Å². The van der Waals surface area contributed by atoms with Gasteiger partial charge in [0.1, 0.15) is 5.69 Å². The Kier molecular flexibility index (Phi) is 2.86. The van der Waals surface area contributed by atoms with Crippen LogP contribution in [-0.4, -0.2) is 18.1 Å². The number of fused-ring (bicyclic) bond motifs is 1. The topological polar surface area (TPSA) is 39.2 Å². The fraction of sp³-hybridized carbons (Fsp3) is 0.0909. The molecule has 0 atom stereocenters. The van der Waals surface area contributed by atoms with Crippen molar-refractivity contribution in [1.29, 1.82) is 0 Å². The van der Waals surface area contributed by atoms with Gasteiger partial charge in [0.2, 0.25) is 0 Å². The molecular formula is C11H8INO2. The standard InChI is InChI=1S/C11H8INO2/c1-15-11(14)10-5-7-3-2-4-9(12)8(7)6-13-10/h2-6H,1H3. The summed E-state index contributed by atoms with van der Waals surface area (Å²) in [5, 5.41) is 2.04. The number of carbonyl (C=O) groups is 1. The molecule has 2 aromatic rings. The summed E-state index contributed by atoms with van der Waals surface area (Å²) < 4.78 is 5.73. The van der Waals surface area contributed by atoms with Crippen LogP contribution in [0.5, 0.6) is 0 Å². The zero-order valence-electron chi connectivity index (χ0n) is 8.03. The van der Waals surface area contributed by atoms with E-state index in [0.717, 1.165) is 14.3 Å². The van der Waals surface area contributed by atoms with Crippen LogP contribution in [0, 0.1) is 3.57 Å². The molecule has 0 bridgehead atoms. The first-order valence-corrected chi connectivity index (χ1v) is 5.43. The molecule has 2 rings (SSSR count). The van der Waals surface area contributed by atoms with Gasteiger partial charge < -0.3 is 4.74 Å². The first-order chi connectivity index (χ1) is 7.22. The molecule has 1 aromatic heterocycles. The molecule has 76 valence electrons. The quantitative estimate of drug-likeness (QED) is 0.600. The second-order valence-electron chi connectivity index (χ2n) is 3.02. The van der Waals surface area contributed by atoms with Gasteiger partial charge in [0.15, 0.2) is 0 Å². The number of aromatic nitrogens is 1. The van der Waals surface area contributed by atoms with Crippen molar-refractivity contribution in [3.8, 4) is 0 Å². The minimum Gasteiger partial charge on any atom is -0.464 e. The van der Waals surface area contributed by atoms with Crippen molar-refractivity contribution in [2.45, 2.75) is 0 Å². The lowest BCUT2D eigenvalue weighted by Crippen LogP contribution is -2.03. The molecule has 1 aromatic carbocycles. The van der Waals surface area contributed by atoms with Crippen LogP contribution in [0.25, 0.3) is 10.8 Å². The number of esters is 1. The first kappa shape index (κ1) is 10.4. The Balaban J connectivity index is 2.62. The highest BCUT2D eigenvalue weighted by Crippen LogP contribution is 2.20. The zero-order valence-corrected chi connectivity index (χ0v) is 10.2. The highest BCUT2D eigenvalue weighted by atomic mass is 127. The Bertz CT molecular complexity index is 525. The maximum absolute atomic E-state index is 11.3. The van der Waals surface area contributed by atoms with Gasteiger partial charge in [0.05, 0.1) is 7.11 Å². The number of pyridine rings is 1. The largest absolute Gasteiger partial charge is 0.464 e. The third-order valence-corrected chi connectivity index (χ3v) is 3.05. The van der Waals surface area contributed by atoms with Crippen LogP contribution in [0.3, 0.4) is 0 Å². The van der Waals surface area contributed by atoms with Crippen LogP contribution in [0.4, 0.5) is 0 Å². The number of halogens is 1. The fourth-order valence-electron chi connectivity index (χ4n) is 1.35. The van der Waals surface area contributed by atoms with Crippen LogP contribution in [0.1, 0.15) is 10.5 Å². The predicted molar refractivity (Wildman–Crippen MR) is 65.8 cm³/mol. The van der Waals surface area contributed by atoms with Gasteiger partial charge in [-0.15, -0.1) is 0 Å². The zero-order chi connectivity index (χ0) is 10.8. The Morgan fingerprint density at radius 2 is 2.27 bits per heavy atom. The highest BCUT2D eigenvalue weighted by Gasteiger charge is 2.08. The highest BCUT2D eigenvalue weighted by molar-refractivity contribution is 14.1. The Hall–Kier alpha value is -1.17. The van der Waals surface area contributed by atoms with Crippen molar-refractivity contribution < 1.29 is 9.53 Å². The van der Waals surface area contributed by atoms with E-state index in [1.807, 2.05) is 18.2 Å². The number of hydrogen-bond acceptors (Lipinski definition) is 3. The van der Waals surface area contributed by atoms with Crippen molar-refractivity contribution in [2.24, 2.45) is 0 Å². The lowest BCUT2D eigenvalue weighted by molar-refractivity contribution is 0.0594.